The Morgan fingerprint density at radius 2 is 1.86 bits per heavy atom. The topological polar surface area (TPSA) is 34.1 Å². The molecule has 1 aliphatic rings. The Labute approximate surface area is 134 Å². The molecule has 0 spiro atoms. The summed E-state index contributed by atoms with van der Waals surface area (Å²) in [6.45, 7) is 8.21. The third-order valence-corrected chi connectivity index (χ3v) is 4.63. The Morgan fingerprint density at radius 1 is 1.29 bits per heavy atom. The first-order chi connectivity index (χ1) is 9.97. The molecule has 0 fully saturated rings. The molecule has 2 nitrogen and oxygen atoms in total. The van der Waals surface area contributed by atoms with Crippen molar-refractivity contribution >= 4 is 28.5 Å². The van der Waals surface area contributed by atoms with Crippen molar-refractivity contribution < 1.29 is 9.59 Å². The summed E-state index contributed by atoms with van der Waals surface area (Å²) in [6.07, 6.45) is 5.90. The zero-order chi connectivity index (χ0) is 15.6. The van der Waals surface area contributed by atoms with E-state index in [-0.39, 0.29) is 11.8 Å². The SMILES string of the molecule is C=C(C)[C@@H]1CCC(C)=C[C@H]1c1c(C=O)cc(Br)cc1C=O. The Kier molecular flexibility index (Phi) is 4.94. The van der Waals surface area contributed by atoms with E-state index >= 15 is 0 Å². The Hall–Kier alpha value is -1.48. The van der Waals surface area contributed by atoms with Gasteiger partial charge in [0.25, 0.3) is 0 Å². The Morgan fingerprint density at radius 3 is 2.33 bits per heavy atom. The molecule has 0 saturated carbocycles. The Balaban J connectivity index is 2.67. The van der Waals surface area contributed by atoms with Crippen LogP contribution in [0.15, 0.2) is 40.4 Å². The lowest BCUT2D eigenvalue weighted by molar-refractivity contribution is 0.112. The molecule has 1 aromatic carbocycles. The number of hydrogen-bond acceptors (Lipinski definition) is 2. The molecule has 21 heavy (non-hydrogen) atoms. The molecule has 0 aromatic heterocycles. The van der Waals surface area contributed by atoms with E-state index in [0.717, 1.165) is 41.0 Å². The van der Waals surface area contributed by atoms with Crippen molar-refractivity contribution in [2.45, 2.75) is 32.6 Å². The van der Waals surface area contributed by atoms with E-state index in [1.54, 1.807) is 12.1 Å². The van der Waals surface area contributed by atoms with Crippen molar-refractivity contribution in [2.75, 3.05) is 0 Å². The molecule has 1 aliphatic carbocycles. The molecule has 0 amide bonds. The standard InChI is InChI=1S/C18H19BrO2/c1-11(2)16-5-4-12(3)6-17(16)18-13(9-20)7-15(19)8-14(18)10-21/h6-10,16-17H,1,4-5H2,2-3H3/t16-,17+/m0/s1. The second-order valence-corrected chi connectivity index (χ2v) is 6.68. The average molecular weight is 347 g/mol. The van der Waals surface area contributed by atoms with Gasteiger partial charge < -0.3 is 0 Å². The highest BCUT2D eigenvalue weighted by atomic mass is 79.9. The van der Waals surface area contributed by atoms with Gasteiger partial charge in [-0.05, 0) is 50.3 Å². The van der Waals surface area contributed by atoms with Crippen molar-refractivity contribution in [1.82, 2.24) is 0 Å². The van der Waals surface area contributed by atoms with E-state index in [0.29, 0.717) is 11.1 Å². The highest BCUT2D eigenvalue weighted by Crippen LogP contribution is 2.42. The minimum atomic E-state index is 0.0461. The fourth-order valence-electron chi connectivity index (χ4n) is 3.15. The fraction of sp³-hybridized carbons (Fsp3) is 0.333. The lowest BCUT2D eigenvalue weighted by Gasteiger charge is -2.32. The summed E-state index contributed by atoms with van der Waals surface area (Å²) in [5.41, 5.74) is 4.38. The van der Waals surface area contributed by atoms with Gasteiger partial charge in [-0.15, -0.1) is 0 Å². The zero-order valence-corrected chi connectivity index (χ0v) is 13.9. The highest BCUT2D eigenvalue weighted by Gasteiger charge is 2.29. The Bertz CT molecular complexity index is 599. The molecule has 3 heteroatoms. The summed E-state index contributed by atoms with van der Waals surface area (Å²) in [7, 11) is 0. The van der Waals surface area contributed by atoms with Crippen LogP contribution in [-0.4, -0.2) is 12.6 Å². The average Bonchev–Trinajstić information content (AvgIpc) is 2.45. The molecule has 0 bridgehead atoms. The molecule has 1 aromatic rings. The van der Waals surface area contributed by atoms with E-state index in [1.165, 1.54) is 5.57 Å². The lowest BCUT2D eigenvalue weighted by atomic mass is 9.72. The quantitative estimate of drug-likeness (QED) is 0.562. The minimum absolute atomic E-state index is 0.0461. The van der Waals surface area contributed by atoms with Crippen molar-refractivity contribution in [3.63, 3.8) is 0 Å². The number of carbonyl (C=O) groups is 2. The fourth-order valence-corrected chi connectivity index (χ4v) is 3.64. The monoisotopic (exact) mass is 346 g/mol. The van der Waals surface area contributed by atoms with Gasteiger partial charge in [-0.2, -0.15) is 0 Å². The first-order valence-electron chi connectivity index (χ1n) is 7.04. The summed E-state index contributed by atoms with van der Waals surface area (Å²) in [4.78, 5) is 22.9. The second kappa shape index (κ2) is 6.52. The van der Waals surface area contributed by atoms with Crippen LogP contribution in [0, 0.1) is 5.92 Å². The number of carbonyl (C=O) groups excluding carboxylic acids is 2. The van der Waals surface area contributed by atoms with Crippen molar-refractivity contribution in [1.29, 1.82) is 0 Å². The summed E-state index contributed by atoms with van der Waals surface area (Å²) < 4.78 is 0.749. The molecule has 2 atom stereocenters. The summed E-state index contributed by atoms with van der Waals surface area (Å²) >= 11 is 3.36. The maximum Gasteiger partial charge on any atom is 0.150 e. The molecule has 0 heterocycles. The molecule has 0 saturated heterocycles. The van der Waals surface area contributed by atoms with E-state index in [2.05, 4.69) is 35.5 Å². The highest BCUT2D eigenvalue weighted by molar-refractivity contribution is 9.10. The van der Waals surface area contributed by atoms with Crippen LogP contribution in [0.5, 0.6) is 0 Å². The minimum Gasteiger partial charge on any atom is -0.298 e. The molecule has 2 rings (SSSR count). The number of aldehydes is 2. The normalized spacial score (nSPS) is 21.6. The molecule has 0 N–H and O–H groups in total. The van der Waals surface area contributed by atoms with Crippen LogP contribution >= 0.6 is 15.9 Å². The van der Waals surface area contributed by atoms with Crippen LogP contribution in [0.2, 0.25) is 0 Å². The van der Waals surface area contributed by atoms with E-state index in [4.69, 9.17) is 0 Å². The number of halogens is 1. The molecule has 0 aliphatic heterocycles. The molecule has 110 valence electrons. The van der Waals surface area contributed by atoms with Crippen molar-refractivity contribution in [2.24, 2.45) is 5.92 Å². The van der Waals surface area contributed by atoms with Crippen LogP contribution in [0.1, 0.15) is 58.9 Å². The maximum atomic E-state index is 11.5. The van der Waals surface area contributed by atoms with Crippen LogP contribution in [0.25, 0.3) is 0 Å². The smallest absolute Gasteiger partial charge is 0.150 e. The molecular weight excluding hydrogens is 328 g/mol. The lowest BCUT2D eigenvalue weighted by Crippen LogP contribution is -2.19. The van der Waals surface area contributed by atoms with Gasteiger partial charge in [0.2, 0.25) is 0 Å². The van der Waals surface area contributed by atoms with Gasteiger partial charge in [-0.3, -0.25) is 9.59 Å². The summed E-state index contributed by atoms with van der Waals surface area (Å²) in [5.74, 6) is 0.317. The van der Waals surface area contributed by atoms with Crippen LogP contribution in [0.3, 0.4) is 0 Å². The van der Waals surface area contributed by atoms with Gasteiger partial charge in [-0.25, -0.2) is 0 Å². The predicted molar refractivity (Wildman–Crippen MR) is 89.0 cm³/mol. The van der Waals surface area contributed by atoms with Gasteiger partial charge in [0.05, 0.1) is 0 Å². The maximum absolute atomic E-state index is 11.5. The third kappa shape index (κ3) is 3.24. The van der Waals surface area contributed by atoms with Gasteiger partial charge in [-0.1, -0.05) is 39.7 Å². The number of benzene rings is 1. The number of rotatable bonds is 4. The van der Waals surface area contributed by atoms with E-state index < -0.39 is 0 Å². The van der Waals surface area contributed by atoms with Crippen LogP contribution < -0.4 is 0 Å². The van der Waals surface area contributed by atoms with Crippen LogP contribution in [0.4, 0.5) is 0 Å². The summed E-state index contributed by atoms with van der Waals surface area (Å²) in [5, 5.41) is 0. The largest absolute Gasteiger partial charge is 0.298 e. The number of allylic oxidation sites excluding steroid dienone is 3. The first kappa shape index (κ1) is 15.9. The second-order valence-electron chi connectivity index (χ2n) is 5.76. The molecular formula is C18H19BrO2. The molecule has 0 unspecified atom stereocenters. The summed E-state index contributed by atoms with van der Waals surface area (Å²) in [6, 6.07) is 3.56. The van der Waals surface area contributed by atoms with E-state index in [9.17, 15) is 9.59 Å². The zero-order valence-electron chi connectivity index (χ0n) is 12.4. The third-order valence-electron chi connectivity index (χ3n) is 4.18. The predicted octanol–water partition coefficient (Wildman–Crippen LogP) is 5.09. The van der Waals surface area contributed by atoms with Gasteiger partial charge in [0, 0.05) is 21.5 Å². The van der Waals surface area contributed by atoms with Crippen molar-refractivity contribution in [3.05, 3.63) is 57.1 Å². The number of hydrogen-bond donors (Lipinski definition) is 0. The van der Waals surface area contributed by atoms with Crippen LogP contribution in [-0.2, 0) is 0 Å². The van der Waals surface area contributed by atoms with Gasteiger partial charge in [0.1, 0.15) is 12.6 Å². The molecule has 0 radical (unpaired) electrons. The van der Waals surface area contributed by atoms with Gasteiger partial charge >= 0.3 is 0 Å². The van der Waals surface area contributed by atoms with E-state index in [1.807, 2.05) is 6.92 Å². The van der Waals surface area contributed by atoms with Crippen molar-refractivity contribution in [3.8, 4) is 0 Å². The first-order valence-corrected chi connectivity index (χ1v) is 7.83. The van der Waals surface area contributed by atoms with Gasteiger partial charge in [0.15, 0.2) is 0 Å².